The van der Waals surface area contributed by atoms with Crippen LogP contribution < -0.4 is 5.32 Å². The molecule has 1 amide bonds. The Balaban J connectivity index is 2.57. The van der Waals surface area contributed by atoms with Crippen molar-refractivity contribution < 1.29 is 23.9 Å². The van der Waals surface area contributed by atoms with Crippen LogP contribution in [-0.4, -0.2) is 30.9 Å². The third-order valence-corrected chi connectivity index (χ3v) is 2.74. The van der Waals surface area contributed by atoms with Crippen molar-refractivity contribution in [2.45, 2.75) is 26.9 Å². The summed E-state index contributed by atoms with van der Waals surface area (Å²) in [7, 11) is 0. The van der Waals surface area contributed by atoms with Crippen molar-refractivity contribution in [3.05, 3.63) is 35.9 Å². The van der Waals surface area contributed by atoms with Crippen LogP contribution in [0.4, 0.5) is 16.2 Å². The van der Waals surface area contributed by atoms with Gasteiger partial charge in [-0.05, 0) is 38.5 Å². The maximum atomic E-state index is 11.8. The molecule has 1 aromatic carbocycles. The minimum Gasteiger partial charge on any atom is -0.456 e. The Morgan fingerprint density at radius 2 is 2.13 bits per heavy atom. The van der Waals surface area contributed by atoms with Gasteiger partial charge in [-0.2, -0.15) is 4.99 Å². The predicted molar refractivity (Wildman–Crippen MR) is 84.3 cm³/mol. The summed E-state index contributed by atoms with van der Waals surface area (Å²) >= 11 is 0. The Bertz CT molecular complexity index is 662. The quantitative estimate of drug-likeness (QED) is 0.376. The first-order valence-corrected chi connectivity index (χ1v) is 6.82. The molecule has 0 aliphatic carbocycles. The molecule has 0 aromatic heterocycles. The van der Waals surface area contributed by atoms with E-state index in [0.29, 0.717) is 11.4 Å². The molecule has 1 rings (SSSR count). The van der Waals surface area contributed by atoms with Gasteiger partial charge < -0.3 is 9.47 Å². The summed E-state index contributed by atoms with van der Waals surface area (Å²) in [5, 5.41) is 2.53. The van der Waals surface area contributed by atoms with Gasteiger partial charge in [0.05, 0.1) is 5.69 Å². The van der Waals surface area contributed by atoms with Gasteiger partial charge in [0, 0.05) is 11.3 Å². The zero-order valence-corrected chi connectivity index (χ0v) is 13.2. The van der Waals surface area contributed by atoms with Crippen LogP contribution in [0.15, 0.2) is 35.3 Å². The van der Waals surface area contributed by atoms with E-state index in [2.05, 4.69) is 16.9 Å². The highest BCUT2D eigenvalue weighted by atomic mass is 16.6. The number of isocyanates is 1. The van der Waals surface area contributed by atoms with Crippen LogP contribution in [0.1, 0.15) is 19.4 Å². The molecule has 7 nitrogen and oxygen atoms in total. The summed E-state index contributed by atoms with van der Waals surface area (Å²) in [6, 6.07) is 4.84. The van der Waals surface area contributed by atoms with Crippen LogP contribution in [0.3, 0.4) is 0 Å². The highest BCUT2D eigenvalue weighted by molar-refractivity contribution is 5.87. The summed E-state index contributed by atoms with van der Waals surface area (Å²) < 4.78 is 9.96. The Kier molecular flexibility index (Phi) is 6.70. The van der Waals surface area contributed by atoms with Gasteiger partial charge in [-0.25, -0.2) is 14.4 Å². The summed E-state index contributed by atoms with van der Waals surface area (Å²) in [6.45, 7) is 8.26. The minimum atomic E-state index is -0.710. The average Bonchev–Trinajstić information content (AvgIpc) is 2.48. The van der Waals surface area contributed by atoms with Crippen LogP contribution in [0, 0.1) is 6.92 Å². The molecule has 0 radical (unpaired) electrons. The van der Waals surface area contributed by atoms with Crippen LogP contribution in [0.5, 0.6) is 0 Å². The number of hydrogen-bond donors (Lipinski definition) is 1. The molecule has 1 aromatic rings. The van der Waals surface area contributed by atoms with Crippen molar-refractivity contribution in [1.29, 1.82) is 0 Å². The number of anilines is 1. The summed E-state index contributed by atoms with van der Waals surface area (Å²) in [5.74, 6) is -0.545. The fourth-order valence-corrected chi connectivity index (χ4v) is 1.52. The van der Waals surface area contributed by atoms with Crippen molar-refractivity contribution in [3.8, 4) is 0 Å². The van der Waals surface area contributed by atoms with E-state index in [1.165, 1.54) is 19.1 Å². The van der Waals surface area contributed by atoms with Crippen LogP contribution in [-0.2, 0) is 19.1 Å². The third-order valence-electron chi connectivity index (χ3n) is 2.74. The molecule has 0 saturated carbocycles. The van der Waals surface area contributed by atoms with Crippen LogP contribution in [0.25, 0.3) is 0 Å². The number of aliphatic imine (C=N–C) groups is 1. The third kappa shape index (κ3) is 6.15. The Morgan fingerprint density at radius 3 is 2.74 bits per heavy atom. The SMILES string of the molecule is C=C(C)C(=O)OC(C)COC(=O)Nc1cc(N=C=O)ccc1C. The summed E-state index contributed by atoms with van der Waals surface area (Å²) in [4.78, 5) is 36.8. The van der Waals surface area contributed by atoms with E-state index >= 15 is 0 Å². The number of carbonyl (C=O) groups excluding carboxylic acids is 3. The number of nitrogens with one attached hydrogen (secondary N) is 1. The van der Waals surface area contributed by atoms with Crippen molar-refractivity contribution in [2.75, 3.05) is 11.9 Å². The maximum absolute atomic E-state index is 11.8. The molecule has 0 aliphatic heterocycles. The lowest BCUT2D eigenvalue weighted by Crippen LogP contribution is -2.24. The van der Waals surface area contributed by atoms with E-state index in [1.807, 2.05) is 0 Å². The molecule has 1 unspecified atom stereocenters. The molecule has 0 saturated heterocycles. The zero-order valence-electron chi connectivity index (χ0n) is 13.2. The van der Waals surface area contributed by atoms with Gasteiger partial charge in [-0.1, -0.05) is 12.6 Å². The van der Waals surface area contributed by atoms with E-state index in [9.17, 15) is 14.4 Å². The first-order valence-electron chi connectivity index (χ1n) is 6.82. The van der Waals surface area contributed by atoms with Gasteiger partial charge in [0.1, 0.15) is 12.7 Å². The van der Waals surface area contributed by atoms with E-state index in [-0.39, 0.29) is 12.2 Å². The second-order valence-corrected chi connectivity index (χ2v) is 4.92. The lowest BCUT2D eigenvalue weighted by atomic mass is 10.2. The maximum Gasteiger partial charge on any atom is 0.411 e. The Hall–Kier alpha value is -2.92. The van der Waals surface area contributed by atoms with Crippen molar-refractivity contribution in [1.82, 2.24) is 0 Å². The van der Waals surface area contributed by atoms with E-state index in [4.69, 9.17) is 9.47 Å². The minimum absolute atomic E-state index is 0.101. The highest BCUT2D eigenvalue weighted by Crippen LogP contribution is 2.22. The highest BCUT2D eigenvalue weighted by Gasteiger charge is 2.13. The lowest BCUT2D eigenvalue weighted by molar-refractivity contribution is -0.145. The number of rotatable bonds is 6. The Labute approximate surface area is 134 Å². The molecule has 122 valence electrons. The molecular formula is C16H18N2O5. The number of nitrogens with zero attached hydrogens (tertiary/aromatic N) is 1. The van der Waals surface area contributed by atoms with Crippen LogP contribution >= 0.6 is 0 Å². The van der Waals surface area contributed by atoms with Gasteiger partial charge >= 0.3 is 12.1 Å². The standard InChI is InChI=1S/C16H18N2O5/c1-10(2)15(20)23-12(4)8-22-16(21)18-14-7-13(17-9-19)6-5-11(14)3/h5-7,12H,1,8H2,2-4H3,(H,18,21). The second kappa shape index (κ2) is 8.51. The van der Waals surface area contributed by atoms with Gasteiger partial charge in [0.25, 0.3) is 0 Å². The normalized spacial score (nSPS) is 10.9. The molecule has 7 heteroatoms. The number of benzene rings is 1. The van der Waals surface area contributed by atoms with Gasteiger partial charge in [0.15, 0.2) is 0 Å². The van der Waals surface area contributed by atoms with Crippen molar-refractivity contribution in [3.63, 3.8) is 0 Å². The first-order chi connectivity index (χ1) is 10.8. The fourth-order valence-electron chi connectivity index (χ4n) is 1.52. The van der Waals surface area contributed by atoms with E-state index in [1.54, 1.807) is 26.0 Å². The molecule has 0 aliphatic rings. The van der Waals surface area contributed by atoms with Gasteiger partial charge in [-0.3, -0.25) is 5.32 Å². The molecule has 0 spiro atoms. The zero-order chi connectivity index (χ0) is 17.4. The largest absolute Gasteiger partial charge is 0.456 e. The van der Waals surface area contributed by atoms with Gasteiger partial charge in [-0.15, -0.1) is 0 Å². The summed E-state index contributed by atoms with van der Waals surface area (Å²) in [5.41, 5.74) is 1.86. The molecule has 0 heterocycles. The van der Waals surface area contributed by atoms with Crippen LogP contribution in [0.2, 0.25) is 0 Å². The number of hydrogen-bond acceptors (Lipinski definition) is 6. The van der Waals surface area contributed by atoms with Crippen molar-refractivity contribution in [2.24, 2.45) is 4.99 Å². The number of amides is 1. The molecule has 1 atom stereocenters. The smallest absolute Gasteiger partial charge is 0.411 e. The molecule has 1 N–H and O–H groups in total. The number of aryl methyl sites for hydroxylation is 1. The molecular weight excluding hydrogens is 300 g/mol. The number of esters is 1. The number of ether oxygens (including phenoxy) is 2. The predicted octanol–water partition coefficient (Wildman–Crippen LogP) is 3.02. The van der Waals surface area contributed by atoms with Crippen molar-refractivity contribution >= 4 is 29.5 Å². The second-order valence-electron chi connectivity index (χ2n) is 4.92. The molecule has 0 fully saturated rings. The van der Waals surface area contributed by atoms with E-state index < -0.39 is 18.2 Å². The fraction of sp³-hybridized carbons (Fsp3) is 0.312. The monoisotopic (exact) mass is 318 g/mol. The number of carbonyl (C=O) groups is 2. The van der Waals surface area contributed by atoms with E-state index in [0.717, 1.165) is 5.56 Å². The Morgan fingerprint density at radius 1 is 1.43 bits per heavy atom. The lowest BCUT2D eigenvalue weighted by Gasteiger charge is -2.14. The topological polar surface area (TPSA) is 94.1 Å². The van der Waals surface area contributed by atoms with Gasteiger partial charge in [0.2, 0.25) is 6.08 Å². The molecule has 23 heavy (non-hydrogen) atoms. The molecule has 0 bridgehead atoms. The first kappa shape index (κ1) is 18.1. The average molecular weight is 318 g/mol. The summed E-state index contributed by atoms with van der Waals surface area (Å²) in [6.07, 6.45) is 0.117.